The summed E-state index contributed by atoms with van der Waals surface area (Å²) < 4.78 is 0. The maximum absolute atomic E-state index is 4.77. The second kappa shape index (κ2) is 2.25. The summed E-state index contributed by atoms with van der Waals surface area (Å²) in [7, 11) is 0. The van der Waals surface area contributed by atoms with Gasteiger partial charge in [0.05, 0.1) is 0 Å². The van der Waals surface area contributed by atoms with Gasteiger partial charge in [0, 0.05) is 11.9 Å². The largest absolute Gasteiger partial charge is 0.325 e. The zero-order valence-corrected chi connectivity index (χ0v) is 5.00. The lowest BCUT2D eigenvalue weighted by Crippen LogP contribution is -1.74. The second-order valence-electron chi connectivity index (χ2n) is 1.61. The highest BCUT2D eigenvalue weighted by atomic mass is 15.3. The van der Waals surface area contributed by atoms with Gasteiger partial charge in [0.1, 0.15) is 0 Å². The van der Waals surface area contributed by atoms with Gasteiger partial charge in [0.25, 0.3) is 0 Å². The molecule has 0 unspecified atom stereocenters. The average molecular weight is 125 g/mol. The summed E-state index contributed by atoms with van der Waals surface area (Å²) in [6.45, 7) is 1.88. The Morgan fingerprint density at radius 1 is 1.78 bits per heavy atom. The van der Waals surface area contributed by atoms with Gasteiger partial charge in [0.2, 0.25) is 5.95 Å². The Morgan fingerprint density at radius 2 is 2.56 bits per heavy atom. The molecule has 1 heterocycles. The minimum Gasteiger partial charge on any atom is -0.325 e. The maximum Gasteiger partial charge on any atom is 0.248 e. The molecule has 0 saturated heterocycles. The third kappa shape index (κ3) is 1.25. The first-order valence-corrected chi connectivity index (χ1v) is 2.45. The molecular weight excluding hydrogens is 118 g/mol. The fourth-order valence-electron chi connectivity index (χ4n) is 0.504. The number of hydrogen-bond donors (Lipinski definition) is 2. The van der Waals surface area contributed by atoms with Gasteiger partial charge in [0.15, 0.2) is 0 Å². The van der Waals surface area contributed by atoms with Crippen molar-refractivity contribution in [2.75, 3.05) is 0 Å². The van der Waals surface area contributed by atoms with Crippen LogP contribution in [0.25, 0.3) is 0 Å². The Bertz CT molecular complexity index is 212. The van der Waals surface area contributed by atoms with Crippen molar-refractivity contribution in [3.63, 3.8) is 0 Å². The van der Waals surface area contributed by atoms with E-state index in [0.29, 0.717) is 5.95 Å². The summed E-state index contributed by atoms with van der Waals surface area (Å²) in [5.41, 5.74) is 0.942. The fourth-order valence-corrected chi connectivity index (χ4v) is 0.504. The first-order chi connectivity index (χ1) is 4.33. The molecule has 0 aromatic carbocycles. The second-order valence-corrected chi connectivity index (χ2v) is 1.61. The van der Waals surface area contributed by atoms with E-state index in [9.17, 15) is 0 Å². The van der Waals surface area contributed by atoms with E-state index in [1.807, 2.05) is 6.92 Å². The van der Waals surface area contributed by atoms with Crippen LogP contribution in [0.5, 0.6) is 0 Å². The van der Waals surface area contributed by atoms with Crippen molar-refractivity contribution in [3.05, 3.63) is 11.9 Å². The van der Waals surface area contributed by atoms with Crippen molar-refractivity contribution in [2.45, 2.75) is 6.92 Å². The van der Waals surface area contributed by atoms with Crippen LogP contribution in [0.3, 0.4) is 0 Å². The molecule has 5 heteroatoms. The van der Waals surface area contributed by atoms with Gasteiger partial charge in [-0.25, -0.2) is 4.98 Å². The third-order valence-corrected chi connectivity index (χ3v) is 0.842. The van der Waals surface area contributed by atoms with Crippen molar-refractivity contribution < 1.29 is 0 Å². The van der Waals surface area contributed by atoms with Gasteiger partial charge in [-0.1, -0.05) is 10.3 Å². The van der Waals surface area contributed by atoms with Crippen molar-refractivity contribution in [2.24, 2.45) is 16.2 Å². The van der Waals surface area contributed by atoms with Gasteiger partial charge in [-0.05, 0) is 6.92 Å². The summed E-state index contributed by atoms with van der Waals surface area (Å²) in [5.74, 6) is 5.21. The topological polar surface area (TPSA) is 79.4 Å². The lowest BCUT2D eigenvalue weighted by molar-refractivity contribution is 1.01. The SMILES string of the molecule is Cc1cnc(N=NN)[nH]1. The molecule has 0 radical (unpaired) electrons. The summed E-state index contributed by atoms with van der Waals surface area (Å²) in [5, 5.41) is 6.51. The lowest BCUT2D eigenvalue weighted by Gasteiger charge is -1.77. The van der Waals surface area contributed by atoms with E-state index in [2.05, 4.69) is 20.3 Å². The van der Waals surface area contributed by atoms with E-state index >= 15 is 0 Å². The Balaban J connectivity index is 2.85. The van der Waals surface area contributed by atoms with Crippen molar-refractivity contribution in [1.29, 1.82) is 0 Å². The van der Waals surface area contributed by atoms with Crippen molar-refractivity contribution >= 4 is 5.95 Å². The molecule has 0 aliphatic heterocycles. The Labute approximate surface area is 52.0 Å². The number of nitrogens with two attached hydrogens (primary N) is 1. The molecule has 1 aromatic heterocycles. The monoisotopic (exact) mass is 125 g/mol. The summed E-state index contributed by atoms with van der Waals surface area (Å²) in [4.78, 5) is 6.63. The van der Waals surface area contributed by atoms with Gasteiger partial charge < -0.3 is 10.8 Å². The number of nitrogens with one attached hydrogen (secondary N) is 1. The molecule has 3 N–H and O–H groups in total. The van der Waals surface area contributed by atoms with Crippen LogP contribution in [0, 0.1) is 6.92 Å². The van der Waals surface area contributed by atoms with E-state index < -0.39 is 0 Å². The summed E-state index contributed by atoms with van der Waals surface area (Å²) in [6.07, 6.45) is 1.66. The quantitative estimate of drug-likeness (QED) is 0.328. The molecule has 48 valence electrons. The standard InChI is InChI=1S/C4H7N5/c1-3-2-6-4(7-3)8-9-5/h2H,1H3,(H3,5,6,7,8). The zero-order valence-electron chi connectivity index (χ0n) is 5.00. The van der Waals surface area contributed by atoms with Crippen LogP contribution in [0.2, 0.25) is 0 Å². The van der Waals surface area contributed by atoms with Crippen LogP contribution < -0.4 is 5.84 Å². The molecule has 0 fully saturated rings. The van der Waals surface area contributed by atoms with Crippen molar-refractivity contribution in [3.8, 4) is 0 Å². The minimum atomic E-state index is 0.440. The van der Waals surface area contributed by atoms with Crippen LogP contribution in [-0.2, 0) is 0 Å². The van der Waals surface area contributed by atoms with Crippen LogP contribution in [-0.4, -0.2) is 9.97 Å². The first kappa shape index (κ1) is 5.74. The number of aromatic amines is 1. The third-order valence-electron chi connectivity index (χ3n) is 0.842. The number of aromatic nitrogens is 2. The summed E-state index contributed by atoms with van der Waals surface area (Å²) >= 11 is 0. The molecule has 0 saturated carbocycles. The normalized spacial score (nSPS) is 10.8. The minimum absolute atomic E-state index is 0.440. The van der Waals surface area contributed by atoms with Gasteiger partial charge in [-0.3, -0.25) is 0 Å². The fraction of sp³-hybridized carbons (Fsp3) is 0.250. The number of rotatable bonds is 1. The first-order valence-electron chi connectivity index (χ1n) is 2.45. The molecule has 9 heavy (non-hydrogen) atoms. The van der Waals surface area contributed by atoms with Crippen LogP contribution in [0.1, 0.15) is 5.69 Å². The van der Waals surface area contributed by atoms with Crippen molar-refractivity contribution in [1.82, 2.24) is 9.97 Å². The van der Waals surface area contributed by atoms with E-state index in [-0.39, 0.29) is 0 Å². The van der Waals surface area contributed by atoms with Crippen LogP contribution >= 0.6 is 0 Å². The highest BCUT2D eigenvalue weighted by Gasteiger charge is 1.90. The van der Waals surface area contributed by atoms with Gasteiger partial charge in [-0.15, -0.1) is 0 Å². The molecule has 0 aliphatic rings. The molecule has 0 bridgehead atoms. The zero-order chi connectivity index (χ0) is 6.69. The molecular formula is C4H7N5. The molecule has 5 nitrogen and oxygen atoms in total. The van der Waals surface area contributed by atoms with Crippen LogP contribution in [0.15, 0.2) is 16.5 Å². The predicted octanol–water partition coefficient (Wildman–Crippen LogP) is 0.676. The van der Waals surface area contributed by atoms with E-state index in [1.165, 1.54) is 0 Å². The lowest BCUT2D eigenvalue weighted by atomic mass is 10.6. The van der Waals surface area contributed by atoms with Crippen LogP contribution in [0.4, 0.5) is 5.95 Å². The Kier molecular flexibility index (Phi) is 1.44. The number of H-pyrrole nitrogens is 1. The van der Waals surface area contributed by atoms with E-state index in [0.717, 1.165) is 5.69 Å². The Hall–Kier alpha value is -1.39. The smallest absolute Gasteiger partial charge is 0.248 e. The summed E-state index contributed by atoms with van der Waals surface area (Å²) in [6, 6.07) is 0. The number of hydrogen-bond acceptors (Lipinski definition) is 3. The highest BCUT2D eigenvalue weighted by molar-refractivity contribution is 5.15. The maximum atomic E-state index is 4.77. The molecule has 0 amide bonds. The van der Waals surface area contributed by atoms with Gasteiger partial charge >= 0.3 is 0 Å². The molecule has 0 atom stereocenters. The van der Waals surface area contributed by atoms with E-state index in [4.69, 9.17) is 5.84 Å². The molecule has 1 aromatic rings. The van der Waals surface area contributed by atoms with E-state index in [1.54, 1.807) is 6.20 Å². The predicted molar refractivity (Wildman–Crippen MR) is 32.0 cm³/mol. The average Bonchev–Trinajstić information content (AvgIpc) is 2.17. The molecule has 0 aliphatic carbocycles. The Morgan fingerprint density at radius 3 is 3.00 bits per heavy atom. The number of imidazole rings is 1. The van der Waals surface area contributed by atoms with Gasteiger partial charge in [-0.2, -0.15) is 0 Å². The molecule has 0 spiro atoms. The highest BCUT2D eigenvalue weighted by Crippen LogP contribution is 2.03. The number of nitrogens with zero attached hydrogens (tertiary/aromatic N) is 3. The number of aryl methyl sites for hydroxylation is 1. The molecule has 1 rings (SSSR count).